The van der Waals surface area contributed by atoms with Gasteiger partial charge < -0.3 is 15.3 Å². The third-order valence-electron chi connectivity index (χ3n) is 2.93. The zero-order chi connectivity index (χ0) is 19.6. The van der Waals surface area contributed by atoms with E-state index in [1.165, 1.54) is 20.0 Å². The summed E-state index contributed by atoms with van der Waals surface area (Å²) in [7, 11) is 0. The number of aryl methyl sites for hydroxylation is 1. The first-order chi connectivity index (χ1) is 11.7. The fraction of sp³-hybridized carbons (Fsp3) is 0.533. The van der Waals surface area contributed by atoms with Gasteiger partial charge in [0.05, 0.1) is 0 Å². The molecule has 0 bridgehead atoms. The van der Waals surface area contributed by atoms with Gasteiger partial charge in [-0.15, -0.1) is 0 Å². The summed E-state index contributed by atoms with van der Waals surface area (Å²) in [4.78, 5) is 59.8. The summed E-state index contributed by atoms with van der Waals surface area (Å²) >= 11 is 0. The zero-order valence-electron chi connectivity index (χ0n) is 14.8. The molecule has 0 unspecified atom stereocenters. The molecule has 1 rings (SSSR count). The van der Waals surface area contributed by atoms with Gasteiger partial charge in [-0.2, -0.15) is 0 Å². The molecule has 140 valence electrons. The van der Waals surface area contributed by atoms with E-state index in [0.717, 1.165) is 9.47 Å². The first kappa shape index (κ1) is 22.1. The number of hydrogen-bond acceptors (Lipinski definition) is 5. The molecule has 0 aliphatic carbocycles. The van der Waals surface area contributed by atoms with Gasteiger partial charge in [0.15, 0.2) is 0 Å². The van der Waals surface area contributed by atoms with E-state index >= 15 is 0 Å². The molecule has 2 amide bonds. The summed E-state index contributed by atoms with van der Waals surface area (Å²) in [6.07, 6.45) is 1.23. The second kappa shape index (κ2) is 10.8. The Morgan fingerprint density at radius 1 is 1.28 bits per heavy atom. The number of hydrogen-bond donors (Lipinski definition) is 3. The number of carbonyl (C=O) groups excluding carboxylic acids is 2. The molecule has 0 spiro atoms. The molecule has 0 radical (unpaired) electrons. The number of rotatable bonds is 7. The number of aromatic nitrogens is 2. The highest BCUT2D eigenvalue weighted by atomic mass is 16.4. The molecule has 0 saturated carbocycles. The zero-order valence-corrected chi connectivity index (χ0v) is 14.8. The Bertz CT molecular complexity index is 721. The maximum atomic E-state index is 12.2. The first-order valence-electron chi connectivity index (χ1n) is 7.75. The fourth-order valence-electron chi connectivity index (χ4n) is 1.80. The number of carboxylic acids is 1. The molecule has 1 heterocycles. The van der Waals surface area contributed by atoms with E-state index in [9.17, 15) is 24.0 Å². The number of aromatic amines is 1. The second-order valence-electron chi connectivity index (χ2n) is 4.89. The van der Waals surface area contributed by atoms with Crippen LogP contribution in [0, 0.1) is 6.92 Å². The number of amides is 2. The standard InChI is InChI=1S/C13H18N4O6.C2H6/c1-8-5-17(13(23)15-12(8)22)6-10(19)16(7-11(20)21)4-3-14-9(2)18;1-2/h5H,3-4,6-7H2,1-2H3,(H,14,18)(H,20,21)(H,15,22,23);1-2H3. The van der Waals surface area contributed by atoms with Crippen molar-refractivity contribution in [2.75, 3.05) is 19.6 Å². The maximum absolute atomic E-state index is 12.2. The van der Waals surface area contributed by atoms with Crippen LogP contribution in [0.2, 0.25) is 0 Å². The molecule has 1 aromatic rings. The van der Waals surface area contributed by atoms with E-state index in [1.54, 1.807) is 0 Å². The second-order valence-corrected chi connectivity index (χ2v) is 4.89. The quantitative estimate of drug-likeness (QED) is 0.567. The topological polar surface area (TPSA) is 142 Å². The van der Waals surface area contributed by atoms with Crippen molar-refractivity contribution >= 4 is 17.8 Å². The Morgan fingerprint density at radius 2 is 1.88 bits per heavy atom. The molecule has 1 aromatic heterocycles. The van der Waals surface area contributed by atoms with Crippen LogP contribution >= 0.6 is 0 Å². The average molecular weight is 356 g/mol. The van der Waals surface area contributed by atoms with Crippen LogP contribution in [0.4, 0.5) is 0 Å². The van der Waals surface area contributed by atoms with Crippen molar-refractivity contribution in [3.05, 3.63) is 32.6 Å². The van der Waals surface area contributed by atoms with Gasteiger partial charge in [-0.25, -0.2) is 4.79 Å². The van der Waals surface area contributed by atoms with Gasteiger partial charge in [0.2, 0.25) is 11.8 Å². The number of H-pyrrole nitrogens is 1. The van der Waals surface area contributed by atoms with Crippen molar-refractivity contribution in [3.8, 4) is 0 Å². The minimum absolute atomic E-state index is 0.0121. The largest absolute Gasteiger partial charge is 0.480 e. The molecular formula is C15H24N4O6. The molecule has 0 aromatic carbocycles. The molecule has 10 heteroatoms. The van der Waals surface area contributed by atoms with Gasteiger partial charge in [0.25, 0.3) is 5.56 Å². The van der Waals surface area contributed by atoms with Crippen molar-refractivity contribution < 1.29 is 19.5 Å². The van der Waals surface area contributed by atoms with E-state index in [0.29, 0.717) is 0 Å². The molecule has 0 aliphatic heterocycles. The summed E-state index contributed by atoms with van der Waals surface area (Å²) < 4.78 is 0.992. The van der Waals surface area contributed by atoms with Gasteiger partial charge in [0, 0.05) is 31.8 Å². The molecular weight excluding hydrogens is 332 g/mol. The Kier molecular flexibility index (Phi) is 9.53. The van der Waals surface area contributed by atoms with Crippen LogP contribution in [-0.4, -0.2) is 57.0 Å². The summed E-state index contributed by atoms with van der Waals surface area (Å²) in [6, 6.07) is 0. The van der Waals surface area contributed by atoms with Gasteiger partial charge >= 0.3 is 11.7 Å². The van der Waals surface area contributed by atoms with Gasteiger partial charge in [-0.1, -0.05) is 13.8 Å². The van der Waals surface area contributed by atoms with E-state index < -0.39 is 36.2 Å². The Hall–Kier alpha value is -2.91. The predicted molar refractivity (Wildman–Crippen MR) is 90.3 cm³/mol. The van der Waals surface area contributed by atoms with Crippen LogP contribution in [0.3, 0.4) is 0 Å². The molecule has 10 nitrogen and oxygen atoms in total. The van der Waals surface area contributed by atoms with Gasteiger partial charge in [-0.3, -0.25) is 28.7 Å². The van der Waals surface area contributed by atoms with Crippen molar-refractivity contribution in [2.45, 2.75) is 34.2 Å². The van der Waals surface area contributed by atoms with Gasteiger partial charge in [0.1, 0.15) is 13.1 Å². The van der Waals surface area contributed by atoms with Crippen molar-refractivity contribution in [3.63, 3.8) is 0 Å². The fourth-order valence-corrected chi connectivity index (χ4v) is 1.80. The summed E-state index contributed by atoms with van der Waals surface area (Å²) in [5.74, 6) is -2.14. The minimum Gasteiger partial charge on any atom is -0.480 e. The lowest BCUT2D eigenvalue weighted by Crippen LogP contribution is -2.44. The van der Waals surface area contributed by atoms with E-state index in [2.05, 4.69) is 10.3 Å². The number of carbonyl (C=O) groups is 3. The van der Waals surface area contributed by atoms with Crippen LogP contribution in [0.5, 0.6) is 0 Å². The van der Waals surface area contributed by atoms with Gasteiger partial charge in [-0.05, 0) is 6.92 Å². The van der Waals surface area contributed by atoms with Crippen molar-refractivity contribution in [2.24, 2.45) is 0 Å². The highest BCUT2D eigenvalue weighted by molar-refractivity contribution is 5.81. The number of nitrogens with zero attached hydrogens (tertiary/aromatic N) is 2. The maximum Gasteiger partial charge on any atom is 0.328 e. The van der Waals surface area contributed by atoms with Crippen molar-refractivity contribution in [1.82, 2.24) is 19.8 Å². The summed E-state index contributed by atoms with van der Waals surface area (Å²) in [6.45, 7) is 5.88. The number of nitrogens with one attached hydrogen (secondary N) is 2. The molecule has 0 aliphatic rings. The molecule has 0 atom stereocenters. The third kappa shape index (κ3) is 7.95. The Labute approximate surface area is 144 Å². The number of carboxylic acid groups (broad SMARTS) is 1. The number of aliphatic carboxylic acids is 1. The Balaban J connectivity index is 0.00000277. The SMILES string of the molecule is CC.CC(=O)NCCN(CC(=O)O)C(=O)Cn1cc(C)c(=O)[nH]c1=O. The summed E-state index contributed by atoms with van der Waals surface area (Å²) in [5, 5.41) is 11.3. The normalized spacial score (nSPS) is 9.60. The van der Waals surface area contributed by atoms with Crippen LogP contribution in [0.1, 0.15) is 26.3 Å². The van der Waals surface area contributed by atoms with Crippen LogP contribution < -0.4 is 16.6 Å². The van der Waals surface area contributed by atoms with E-state index in [4.69, 9.17) is 5.11 Å². The molecule has 3 N–H and O–H groups in total. The van der Waals surface area contributed by atoms with E-state index in [1.807, 2.05) is 13.8 Å². The van der Waals surface area contributed by atoms with Crippen LogP contribution in [0.25, 0.3) is 0 Å². The Morgan fingerprint density at radius 3 is 2.40 bits per heavy atom. The first-order valence-corrected chi connectivity index (χ1v) is 7.75. The smallest absolute Gasteiger partial charge is 0.328 e. The van der Waals surface area contributed by atoms with E-state index in [-0.39, 0.29) is 24.6 Å². The monoisotopic (exact) mass is 356 g/mol. The highest BCUT2D eigenvalue weighted by Gasteiger charge is 2.18. The van der Waals surface area contributed by atoms with Crippen molar-refractivity contribution in [1.29, 1.82) is 0 Å². The highest BCUT2D eigenvalue weighted by Crippen LogP contribution is 1.94. The third-order valence-corrected chi connectivity index (χ3v) is 2.93. The van der Waals surface area contributed by atoms with Crippen LogP contribution in [0.15, 0.2) is 15.8 Å². The van der Waals surface area contributed by atoms with Crippen LogP contribution in [-0.2, 0) is 20.9 Å². The predicted octanol–water partition coefficient (Wildman–Crippen LogP) is -1.08. The minimum atomic E-state index is -1.22. The lowest BCUT2D eigenvalue weighted by molar-refractivity contribution is -0.144. The molecule has 0 fully saturated rings. The lowest BCUT2D eigenvalue weighted by atomic mass is 10.3. The molecule has 0 saturated heterocycles. The molecule has 25 heavy (non-hydrogen) atoms. The summed E-state index contributed by atoms with van der Waals surface area (Å²) in [5.41, 5.74) is -1.06. The average Bonchev–Trinajstić information content (AvgIpc) is 2.52. The lowest BCUT2D eigenvalue weighted by Gasteiger charge is -2.21.